The number of rotatable bonds is 3. The molecule has 0 spiro atoms. The first kappa shape index (κ1) is 9.17. The third-order valence-corrected chi connectivity index (χ3v) is 1.32. The quantitative estimate of drug-likeness (QED) is 0.457. The number of carbonyl (C=O) groups is 1. The van der Waals surface area contributed by atoms with Crippen LogP contribution in [-0.4, -0.2) is 19.6 Å². The Labute approximate surface area is 60.9 Å². The summed E-state index contributed by atoms with van der Waals surface area (Å²) in [6, 6.07) is 0. The molecule has 0 aromatic rings. The van der Waals surface area contributed by atoms with Gasteiger partial charge in [0.25, 0.3) is 0 Å². The molecular formula is C7H13NO2. The minimum absolute atomic E-state index is 0.266. The maximum absolute atomic E-state index is 10.8. The van der Waals surface area contributed by atoms with Crippen molar-refractivity contribution in [3.8, 4) is 0 Å². The Morgan fingerprint density at radius 2 is 2.30 bits per heavy atom. The van der Waals surface area contributed by atoms with Gasteiger partial charge in [-0.05, 0) is 6.92 Å². The molecule has 0 aromatic heterocycles. The Kier molecular flexibility index (Phi) is 3.72. The predicted molar refractivity (Wildman–Crippen MR) is 39.4 cm³/mol. The second-order valence-corrected chi connectivity index (χ2v) is 2.16. The molecule has 0 fully saturated rings. The summed E-state index contributed by atoms with van der Waals surface area (Å²) in [5.41, 5.74) is 6.03. The Bertz CT molecular complexity index is 143. The minimum atomic E-state index is -0.343. The summed E-state index contributed by atoms with van der Waals surface area (Å²) in [5, 5.41) is 0. The minimum Gasteiger partial charge on any atom is -0.469 e. The molecule has 0 saturated heterocycles. The molecule has 3 heteroatoms. The zero-order valence-corrected chi connectivity index (χ0v) is 6.39. The summed E-state index contributed by atoms with van der Waals surface area (Å²) >= 11 is 0. The third-order valence-electron chi connectivity index (χ3n) is 1.32. The predicted octanol–water partition coefficient (Wildman–Crippen LogP) is 0.310. The number of nitrogens with two attached hydrogens (primary N) is 1. The normalized spacial score (nSPS) is 12.3. The van der Waals surface area contributed by atoms with E-state index in [1.807, 2.05) is 0 Å². The van der Waals surface area contributed by atoms with Gasteiger partial charge in [0.2, 0.25) is 0 Å². The van der Waals surface area contributed by atoms with Crippen LogP contribution in [0.1, 0.15) is 6.92 Å². The maximum Gasteiger partial charge on any atom is 0.314 e. The highest BCUT2D eigenvalue weighted by molar-refractivity contribution is 5.75. The van der Waals surface area contributed by atoms with Crippen LogP contribution in [0.3, 0.4) is 0 Å². The molecule has 58 valence electrons. The molecular weight excluding hydrogens is 130 g/mol. The topological polar surface area (TPSA) is 52.3 Å². The molecule has 1 atom stereocenters. The summed E-state index contributed by atoms with van der Waals surface area (Å²) in [7, 11) is 1.34. The molecule has 0 aliphatic heterocycles. The fourth-order valence-electron chi connectivity index (χ4n) is 0.641. The molecule has 0 radical (unpaired) electrons. The number of hydrogen-bond acceptors (Lipinski definition) is 3. The van der Waals surface area contributed by atoms with E-state index < -0.39 is 0 Å². The van der Waals surface area contributed by atoms with E-state index in [4.69, 9.17) is 5.73 Å². The van der Waals surface area contributed by atoms with E-state index in [1.54, 1.807) is 6.92 Å². The zero-order valence-electron chi connectivity index (χ0n) is 6.39. The lowest BCUT2D eigenvalue weighted by atomic mass is 10.0. The lowest BCUT2D eigenvalue weighted by Gasteiger charge is -2.10. The van der Waals surface area contributed by atoms with E-state index in [2.05, 4.69) is 11.3 Å². The highest BCUT2D eigenvalue weighted by atomic mass is 16.5. The zero-order chi connectivity index (χ0) is 8.15. The standard InChI is InChI=1S/C7H13NO2/c1-5(2)6(4-8)7(9)10-3/h6H,1,4,8H2,2-3H3. The van der Waals surface area contributed by atoms with Gasteiger partial charge < -0.3 is 10.5 Å². The van der Waals surface area contributed by atoms with Gasteiger partial charge in [-0.15, -0.1) is 0 Å². The van der Waals surface area contributed by atoms with Gasteiger partial charge in [-0.25, -0.2) is 0 Å². The highest BCUT2D eigenvalue weighted by Gasteiger charge is 2.16. The summed E-state index contributed by atoms with van der Waals surface area (Å²) in [5.74, 6) is -0.653. The van der Waals surface area contributed by atoms with Gasteiger partial charge in [0.05, 0.1) is 13.0 Å². The van der Waals surface area contributed by atoms with Crippen LogP contribution in [0.5, 0.6) is 0 Å². The molecule has 2 N–H and O–H groups in total. The van der Waals surface area contributed by atoms with E-state index in [1.165, 1.54) is 7.11 Å². The molecule has 0 aliphatic carbocycles. The van der Waals surface area contributed by atoms with Gasteiger partial charge in [0, 0.05) is 6.54 Å². The Morgan fingerprint density at radius 1 is 1.80 bits per heavy atom. The third kappa shape index (κ3) is 2.19. The largest absolute Gasteiger partial charge is 0.469 e. The maximum atomic E-state index is 10.8. The fourth-order valence-corrected chi connectivity index (χ4v) is 0.641. The van der Waals surface area contributed by atoms with Crippen molar-refractivity contribution in [3.63, 3.8) is 0 Å². The van der Waals surface area contributed by atoms with Crippen molar-refractivity contribution < 1.29 is 9.53 Å². The van der Waals surface area contributed by atoms with E-state index in [0.717, 1.165) is 5.57 Å². The number of ether oxygens (including phenoxy) is 1. The van der Waals surface area contributed by atoms with E-state index in [9.17, 15) is 4.79 Å². The molecule has 0 aromatic carbocycles. The van der Waals surface area contributed by atoms with Gasteiger partial charge in [-0.1, -0.05) is 12.2 Å². The van der Waals surface area contributed by atoms with Crippen molar-refractivity contribution in [2.45, 2.75) is 6.92 Å². The number of esters is 1. The first-order valence-electron chi connectivity index (χ1n) is 3.06. The van der Waals surface area contributed by atoms with Crippen molar-refractivity contribution in [1.29, 1.82) is 0 Å². The van der Waals surface area contributed by atoms with E-state index in [-0.39, 0.29) is 18.4 Å². The average Bonchev–Trinajstić information content (AvgIpc) is 1.88. The summed E-state index contributed by atoms with van der Waals surface area (Å²) < 4.78 is 4.48. The molecule has 0 heterocycles. The first-order chi connectivity index (χ1) is 4.63. The molecule has 1 unspecified atom stereocenters. The number of methoxy groups -OCH3 is 1. The molecule has 0 rings (SSSR count). The monoisotopic (exact) mass is 143 g/mol. The van der Waals surface area contributed by atoms with Crippen LogP contribution >= 0.6 is 0 Å². The van der Waals surface area contributed by atoms with Crippen LogP contribution in [0.15, 0.2) is 12.2 Å². The van der Waals surface area contributed by atoms with Crippen LogP contribution in [0.25, 0.3) is 0 Å². The summed E-state index contributed by atoms with van der Waals surface area (Å²) in [4.78, 5) is 10.8. The van der Waals surface area contributed by atoms with Crippen molar-refractivity contribution in [1.82, 2.24) is 0 Å². The molecule has 0 aliphatic rings. The van der Waals surface area contributed by atoms with Crippen molar-refractivity contribution in [2.75, 3.05) is 13.7 Å². The highest BCUT2D eigenvalue weighted by Crippen LogP contribution is 2.07. The van der Waals surface area contributed by atoms with Crippen molar-refractivity contribution >= 4 is 5.97 Å². The van der Waals surface area contributed by atoms with Gasteiger partial charge >= 0.3 is 5.97 Å². The molecule has 10 heavy (non-hydrogen) atoms. The van der Waals surface area contributed by atoms with Crippen LogP contribution in [0, 0.1) is 5.92 Å². The summed E-state index contributed by atoms with van der Waals surface area (Å²) in [6.45, 7) is 5.64. The molecule has 0 bridgehead atoms. The van der Waals surface area contributed by atoms with Crippen LogP contribution in [0.4, 0.5) is 0 Å². The molecule has 3 nitrogen and oxygen atoms in total. The number of carbonyl (C=O) groups excluding carboxylic acids is 1. The SMILES string of the molecule is C=C(C)C(CN)C(=O)OC. The van der Waals surface area contributed by atoms with Crippen LogP contribution < -0.4 is 5.73 Å². The van der Waals surface area contributed by atoms with Gasteiger partial charge in [-0.3, -0.25) is 4.79 Å². The van der Waals surface area contributed by atoms with Gasteiger partial charge in [-0.2, -0.15) is 0 Å². The average molecular weight is 143 g/mol. The first-order valence-corrected chi connectivity index (χ1v) is 3.06. The number of hydrogen-bond donors (Lipinski definition) is 1. The lowest BCUT2D eigenvalue weighted by molar-refractivity contribution is -0.143. The summed E-state index contributed by atoms with van der Waals surface area (Å²) in [6.07, 6.45) is 0. The smallest absolute Gasteiger partial charge is 0.314 e. The van der Waals surface area contributed by atoms with Crippen LogP contribution in [0.2, 0.25) is 0 Å². The second-order valence-electron chi connectivity index (χ2n) is 2.16. The van der Waals surface area contributed by atoms with Gasteiger partial charge in [0.15, 0.2) is 0 Å². The second kappa shape index (κ2) is 4.06. The fraction of sp³-hybridized carbons (Fsp3) is 0.571. The Morgan fingerprint density at radius 3 is 2.40 bits per heavy atom. The Balaban J connectivity index is 4.06. The molecule has 0 amide bonds. The van der Waals surface area contributed by atoms with E-state index >= 15 is 0 Å². The lowest BCUT2D eigenvalue weighted by Crippen LogP contribution is -2.25. The molecule has 0 saturated carbocycles. The van der Waals surface area contributed by atoms with Crippen molar-refractivity contribution in [2.24, 2.45) is 11.7 Å². The van der Waals surface area contributed by atoms with Crippen LogP contribution in [-0.2, 0) is 9.53 Å². The Hall–Kier alpha value is -0.830. The van der Waals surface area contributed by atoms with E-state index in [0.29, 0.717) is 0 Å². The van der Waals surface area contributed by atoms with Crippen molar-refractivity contribution in [3.05, 3.63) is 12.2 Å². The van der Waals surface area contributed by atoms with Gasteiger partial charge in [0.1, 0.15) is 0 Å².